The number of ether oxygens (including phenoxy) is 1. The van der Waals surface area contributed by atoms with Gasteiger partial charge in [0.1, 0.15) is 0 Å². The Bertz CT molecular complexity index is 201. The van der Waals surface area contributed by atoms with E-state index in [1.165, 1.54) is 63.2 Å². The molecule has 2 atom stereocenters. The molecule has 0 N–H and O–H groups in total. The second-order valence-corrected chi connectivity index (χ2v) is 6.37. The van der Waals surface area contributed by atoms with E-state index in [0.717, 1.165) is 6.61 Å². The molecule has 0 bridgehead atoms. The van der Waals surface area contributed by atoms with E-state index >= 15 is 0 Å². The van der Waals surface area contributed by atoms with Crippen molar-refractivity contribution in [1.82, 2.24) is 4.90 Å². The molecule has 0 aromatic rings. The highest BCUT2D eigenvalue weighted by atomic mass is 79.9. The van der Waals surface area contributed by atoms with Crippen molar-refractivity contribution in [3.05, 3.63) is 0 Å². The number of likely N-dealkylation sites (N-methyl/N-ethyl adjacent to an activating group) is 1. The van der Waals surface area contributed by atoms with Gasteiger partial charge in [-0.3, -0.25) is 0 Å². The van der Waals surface area contributed by atoms with Crippen LogP contribution < -0.4 is 0 Å². The standard InChI is InChI=1S/C15H30BrNO/c1-14-15(10-13-18-14)17(2)12-9-7-5-3-4-6-8-11-16/h14-15H,3-13H2,1-2H3. The fourth-order valence-electron chi connectivity index (χ4n) is 2.80. The first-order valence-electron chi connectivity index (χ1n) is 7.63. The molecule has 0 aliphatic carbocycles. The Labute approximate surface area is 122 Å². The molecule has 1 aliphatic rings. The molecule has 2 unspecified atom stereocenters. The van der Waals surface area contributed by atoms with E-state index in [2.05, 4.69) is 34.8 Å². The van der Waals surface area contributed by atoms with Gasteiger partial charge in [-0.2, -0.15) is 0 Å². The van der Waals surface area contributed by atoms with Gasteiger partial charge >= 0.3 is 0 Å². The molecule has 0 saturated carbocycles. The highest BCUT2D eigenvalue weighted by Gasteiger charge is 2.27. The highest BCUT2D eigenvalue weighted by molar-refractivity contribution is 9.09. The van der Waals surface area contributed by atoms with Gasteiger partial charge in [0, 0.05) is 18.0 Å². The molecule has 18 heavy (non-hydrogen) atoms. The number of halogens is 1. The van der Waals surface area contributed by atoms with Crippen molar-refractivity contribution in [1.29, 1.82) is 0 Å². The number of hydrogen-bond donors (Lipinski definition) is 0. The second-order valence-electron chi connectivity index (χ2n) is 5.58. The van der Waals surface area contributed by atoms with Crippen molar-refractivity contribution in [2.75, 3.05) is 25.5 Å². The largest absolute Gasteiger partial charge is 0.377 e. The summed E-state index contributed by atoms with van der Waals surface area (Å²) in [6.07, 6.45) is 11.3. The minimum atomic E-state index is 0.430. The number of hydrogen-bond acceptors (Lipinski definition) is 2. The minimum Gasteiger partial charge on any atom is -0.377 e. The molecule has 3 heteroatoms. The van der Waals surface area contributed by atoms with Crippen LogP contribution in [-0.2, 0) is 4.74 Å². The van der Waals surface area contributed by atoms with Crippen LogP contribution in [0.25, 0.3) is 0 Å². The highest BCUT2D eigenvalue weighted by Crippen LogP contribution is 2.18. The predicted molar refractivity (Wildman–Crippen MR) is 82.6 cm³/mol. The lowest BCUT2D eigenvalue weighted by Gasteiger charge is -2.26. The van der Waals surface area contributed by atoms with Gasteiger partial charge in [0.25, 0.3) is 0 Å². The van der Waals surface area contributed by atoms with Gasteiger partial charge in [-0.1, -0.05) is 48.0 Å². The van der Waals surface area contributed by atoms with E-state index in [-0.39, 0.29) is 0 Å². The first-order chi connectivity index (χ1) is 8.75. The average Bonchev–Trinajstić information content (AvgIpc) is 2.79. The molecule has 1 fully saturated rings. The van der Waals surface area contributed by atoms with Crippen molar-refractivity contribution >= 4 is 15.9 Å². The van der Waals surface area contributed by atoms with Crippen molar-refractivity contribution < 1.29 is 4.74 Å². The van der Waals surface area contributed by atoms with Crippen LogP contribution in [0.3, 0.4) is 0 Å². The van der Waals surface area contributed by atoms with E-state index in [4.69, 9.17) is 4.74 Å². The third-order valence-corrected chi connectivity index (χ3v) is 4.61. The van der Waals surface area contributed by atoms with Crippen molar-refractivity contribution in [2.45, 2.75) is 70.4 Å². The van der Waals surface area contributed by atoms with Crippen LogP contribution >= 0.6 is 15.9 Å². The smallest absolute Gasteiger partial charge is 0.0702 e. The first kappa shape index (κ1) is 16.5. The molecule has 0 spiro atoms. The molecule has 1 aliphatic heterocycles. The van der Waals surface area contributed by atoms with Gasteiger partial charge in [-0.05, 0) is 39.8 Å². The topological polar surface area (TPSA) is 12.5 Å². The van der Waals surface area contributed by atoms with E-state index in [1.54, 1.807) is 0 Å². The van der Waals surface area contributed by atoms with Gasteiger partial charge in [0.2, 0.25) is 0 Å². The van der Waals surface area contributed by atoms with Gasteiger partial charge in [-0.25, -0.2) is 0 Å². The third-order valence-electron chi connectivity index (χ3n) is 4.05. The summed E-state index contributed by atoms with van der Waals surface area (Å²) in [5.41, 5.74) is 0. The van der Waals surface area contributed by atoms with Gasteiger partial charge < -0.3 is 9.64 Å². The maximum absolute atomic E-state index is 5.62. The summed E-state index contributed by atoms with van der Waals surface area (Å²) in [6, 6.07) is 0.656. The van der Waals surface area contributed by atoms with Crippen LogP contribution in [0.2, 0.25) is 0 Å². The Morgan fingerprint density at radius 2 is 1.67 bits per heavy atom. The zero-order chi connectivity index (χ0) is 13.2. The predicted octanol–water partition coefficient (Wildman–Crippen LogP) is 4.22. The summed E-state index contributed by atoms with van der Waals surface area (Å²) >= 11 is 3.48. The molecular weight excluding hydrogens is 290 g/mol. The summed E-state index contributed by atoms with van der Waals surface area (Å²) in [4.78, 5) is 2.50. The van der Waals surface area contributed by atoms with E-state index in [1.807, 2.05) is 0 Å². The lowest BCUT2D eigenvalue weighted by Crippen LogP contribution is -2.37. The second kappa shape index (κ2) is 10.2. The molecule has 0 aromatic carbocycles. The number of rotatable bonds is 10. The summed E-state index contributed by atoms with van der Waals surface area (Å²) in [5.74, 6) is 0. The lowest BCUT2D eigenvalue weighted by atomic mass is 10.1. The fraction of sp³-hybridized carbons (Fsp3) is 1.00. The van der Waals surface area contributed by atoms with Gasteiger partial charge in [0.05, 0.1) is 6.10 Å². The maximum atomic E-state index is 5.62. The molecule has 2 nitrogen and oxygen atoms in total. The monoisotopic (exact) mass is 319 g/mol. The van der Waals surface area contributed by atoms with Crippen molar-refractivity contribution in [3.63, 3.8) is 0 Å². The van der Waals surface area contributed by atoms with Crippen LogP contribution in [0.4, 0.5) is 0 Å². The summed E-state index contributed by atoms with van der Waals surface area (Å²) in [6.45, 7) is 4.39. The zero-order valence-corrected chi connectivity index (χ0v) is 13.8. The Morgan fingerprint density at radius 1 is 1.06 bits per heavy atom. The number of unbranched alkanes of at least 4 members (excludes halogenated alkanes) is 6. The Hall–Kier alpha value is 0.400. The quantitative estimate of drug-likeness (QED) is 0.441. The average molecular weight is 320 g/mol. The van der Waals surface area contributed by atoms with Crippen molar-refractivity contribution in [2.24, 2.45) is 0 Å². The summed E-state index contributed by atoms with van der Waals surface area (Å²) in [7, 11) is 2.26. The summed E-state index contributed by atoms with van der Waals surface area (Å²) < 4.78 is 5.62. The summed E-state index contributed by atoms with van der Waals surface area (Å²) in [5, 5.41) is 1.17. The van der Waals surface area contributed by atoms with Crippen LogP contribution in [0.15, 0.2) is 0 Å². The zero-order valence-electron chi connectivity index (χ0n) is 12.2. The Morgan fingerprint density at radius 3 is 2.22 bits per heavy atom. The van der Waals surface area contributed by atoms with E-state index in [9.17, 15) is 0 Å². The van der Waals surface area contributed by atoms with Crippen LogP contribution in [0.1, 0.15) is 58.3 Å². The van der Waals surface area contributed by atoms with Crippen LogP contribution in [0.5, 0.6) is 0 Å². The van der Waals surface area contributed by atoms with Crippen LogP contribution in [-0.4, -0.2) is 42.6 Å². The van der Waals surface area contributed by atoms with Crippen molar-refractivity contribution in [3.8, 4) is 0 Å². The molecule has 0 aromatic heterocycles. The minimum absolute atomic E-state index is 0.430. The van der Waals surface area contributed by atoms with Crippen LogP contribution in [0, 0.1) is 0 Å². The Balaban J connectivity index is 1.91. The molecule has 1 saturated heterocycles. The molecule has 1 heterocycles. The third kappa shape index (κ3) is 6.53. The van der Waals surface area contributed by atoms with E-state index < -0.39 is 0 Å². The molecular formula is C15H30BrNO. The lowest BCUT2D eigenvalue weighted by molar-refractivity contribution is 0.0831. The molecule has 1 rings (SSSR count). The number of alkyl halides is 1. The van der Waals surface area contributed by atoms with Gasteiger partial charge in [-0.15, -0.1) is 0 Å². The normalized spacial score (nSPS) is 24.0. The maximum Gasteiger partial charge on any atom is 0.0702 e. The number of nitrogens with zero attached hydrogens (tertiary/aromatic N) is 1. The van der Waals surface area contributed by atoms with E-state index in [0.29, 0.717) is 12.1 Å². The SMILES string of the molecule is CC1OCCC1N(C)CCCCCCCCCBr. The first-order valence-corrected chi connectivity index (χ1v) is 8.75. The fourth-order valence-corrected chi connectivity index (χ4v) is 3.20. The molecule has 108 valence electrons. The van der Waals surface area contributed by atoms with Gasteiger partial charge in [0.15, 0.2) is 0 Å². The molecule has 0 radical (unpaired) electrons. The molecule has 0 amide bonds. The Kier molecular flexibility index (Phi) is 9.34.